The van der Waals surface area contributed by atoms with Gasteiger partial charge in [-0.05, 0) is 74.9 Å². The van der Waals surface area contributed by atoms with Gasteiger partial charge in [0.05, 0.1) is 13.2 Å². The lowest BCUT2D eigenvalue weighted by molar-refractivity contribution is 0.0517. The number of benzene rings is 1. The van der Waals surface area contributed by atoms with Crippen LogP contribution in [0.4, 0.5) is 4.79 Å². The highest BCUT2D eigenvalue weighted by Crippen LogP contribution is 2.22. The third-order valence-electron chi connectivity index (χ3n) is 2.68. The van der Waals surface area contributed by atoms with Gasteiger partial charge in [0, 0.05) is 10.1 Å². The summed E-state index contributed by atoms with van der Waals surface area (Å²) in [5, 5.41) is 2.66. The Hall–Kier alpha value is -1.51. The van der Waals surface area contributed by atoms with Gasteiger partial charge in [0.25, 0.3) is 0 Å². The van der Waals surface area contributed by atoms with Crippen molar-refractivity contribution in [3.63, 3.8) is 0 Å². The quantitative estimate of drug-likeness (QED) is 0.390. The van der Waals surface area contributed by atoms with Gasteiger partial charge < -0.3 is 19.5 Å². The summed E-state index contributed by atoms with van der Waals surface area (Å²) in [5.41, 5.74) is -0.111. The molecule has 0 aliphatic heterocycles. The van der Waals surface area contributed by atoms with E-state index in [1.807, 2.05) is 26.8 Å². The fraction of sp³-hybridized carbons (Fsp3) is 0.529. The number of ether oxygens (including phenoxy) is 3. The standard InChI is InChI=1S/C17H24INO5/c1-5-22-15(20)13-11-12(18)7-8-14(13)23-10-6-9-19-16(21)24-17(2,3)4/h7-8,11H,5-6,9-10H2,1-4H3,(H,19,21). The molecule has 0 unspecified atom stereocenters. The van der Waals surface area contributed by atoms with E-state index >= 15 is 0 Å². The molecule has 1 N–H and O–H groups in total. The molecule has 1 aromatic rings. The van der Waals surface area contributed by atoms with Crippen LogP contribution in [-0.4, -0.2) is 37.4 Å². The van der Waals surface area contributed by atoms with Crippen LogP contribution >= 0.6 is 22.6 Å². The number of esters is 1. The molecule has 0 aliphatic carbocycles. The molecule has 1 aromatic carbocycles. The van der Waals surface area contributed by atoms with E-state index in [0.29, 0.717) is 37.5 Å². The fourth-order valence-electron chi connectivity index (χ4n) is 1.76. The zero-order valence-electron chi connectivity index (χ0n) is 14.5. The molecule has 134 valence electrons. The van der Waals surface area contributed by atoms with E-state index in [1.54, 1.807) is 19.1 Å². The van der Waals surface area contributed by atoms with Crippen molar-refractivity contribution in [1.29, 1.82) is 0 Å². The van der Waals surface area contributed by atoms with Crippen LogP contribution in [0, 0.1) is 3.57 Å². The van der Waals surface area contributed by atoms with Crippen LogP contribution in [0.2, 0.25) is 0 Å². The zero-order valence-corrected chi connectivity index (χ0v) is 16.6. The predicted molar refractivity (Wildman–Crippen MR) is 99.5 cm³/mol. The van der Waals surface area contributed by atoms with Crippen molar-refractivity contribution in [2.24, 2.45) is 0 Å². The van der Waals surface area contributed by atoms with E-state index in [0.717, 1.165) is 3.57 Å². The van der Waals surface area contributed by atoms with Crippen LogP contribution in [0.25, 0.3) is 0 Å². The monoisotopic (exact) mass is 449 g/mol. The third kappa shape index (κ3) is 7.85. The SMILES string of the molecule is CCOC(=O)c1cc(I)ccc1OCCCNC(=O)OC(C)(C)C. The summed E-state index contributed by atoms with van der Waals surface area (Å²) in [4.78, 5) is 23.5. The number of nitrogens with one attached hydrogen (secondary N) is 1. The van der Waals surface area contributed by atoms with Crippen molar-refractivity contribution < 1.29 is 23.8 Å². The molecule has 1 amide bonds. The molecular formula is C17H24INO5. The molecule has 24 heavy (non-hydrogen) atoms. The summed E-state index contributed by atoms with van der Waals surface area (Å²) in [6.07, 6.45) is 0.136. The van der Waals surface area contributed by atoms with Gasteiger partial charge in [-0.15, -0.1) is 0 Å². The number of carbonyl (C=O) groups excluding carboxylic acids is 2. The van der Waals surface area contributed by atoms with Gasteiger partial charge in [-0.25, -0.2) is 9.59 Å². The molecular weight excluding hydrogens is 425 g/mol. The highest BCUT2D eigenvalue weighted by atomic mass is 127. The Kier molecular flexibility index (Phi) is 8.30. The van der Waals surface area contributed by atoms with Crippen LogP contribution in [0.3, 0.4) is 0 Å². The summed E-state index contributed by atoms with van der Waals surface area (Å²) in [6.45, 7) is 8.28. The molecule has 0 bridgehead atoms. The topological polar surface area (TPSA) is 73.9 Å². The second kappa shape index (κ2) is 9.71. The number of carbonyl (C=O) groups is 2. The lowest BCUT2D eigenvalue weighted by Gasteiger charge is -2.19. The Bertz CT molecular complexity index is 569. The largest absolute Gasteiger partial charge is 0.493 e. The van der Waals surface area contributed by atoms with Gasteiger partial charge in [-0.2, -0.15) is 0 Å². The van der Waals surface area contributed by atoms with E-state index < -0.39 is 17.7 Å². The first kappa shape index (κ1) is 20.5. The normalized spacial score (nSPS) is 10.9. The summed E-state index contributed by atoms with van der Waals surface area (Å²) < 4.78 is 16.7. The Morgan fingerprint density at radius 1 is 1.25 bits per heavy atom. The Balaban J connectivity index is 2.45. The highest BCUT2D eigenvalue weighted by molar-refractivity contribution is 14.1. The maximum atomic E-state index is 11.9. The van der Waals surface area contributed by atoms with Crippen molar-refractivity contribution in [2.45, 2.75) is 39.7 Å². The average Bonchev–Trinajstić information content (AvgIpc) is 2.46. The smallest absolute Gasteiger partial charge is 0.407 e. The van der Waals surface area contributed by atoms with Gasteiger partial charge in [0.1, 0.15) is 16.9 Å². The Labute approximate surface area is 156 Å². The van der Waals surface area contributed by atoms with Crippen molar-refractivity contribution in [2.75, 3.05) is 19.8 Å². The molecule has 0 heterocycles. The van der Waals surface area contributed by atoms with Crippen LogP contribution in [-0.2, 0) is 9.47 Å². The van der Waals surface area contributed by atoms with E-state index in [-0.39, 0.29) is 0 Å². The molecule has 1 rings (SSSR count). The van der Waals surface area contributed by atoms with Crippen LogP contribution in [0.1, 0.15) is 44.5 Å². The number of halogens is 1. The average molecular weight is 449 g/mol. The second-order valence-corrected chi connectivity index (χ2v) is 7.24. The lowest BCUT2D eigenvalue weighted by Crippen LogP contribution is -2.33. The highest BCUT2D eigenvalue weighted by Gasteiger charge is 2.16. The van der Waals surface area contributed by atoms with Crippen LogP contribution in [0.5, 0.6) is 5.75 Å². The Morgan fingerprint density at radius 3 is 2.58 bits per heavy atom. The minimum absolute atomic E-state index is 0.309. The molecule has 6 nitrogen and oxygen atoms in total. The summed E-state index contributed by atoms with van der Waals surface area (Å²) >= 11 is 2.13. The van der Waals surface area contributed by atoms with Crippen molar-refractivity contribution in [3.05, 3.63) is 27.3 Å². The van der Waals surface area contributed by atoms with E-state index in [4.69, 9.17) is 14.2 Å². The van der Waals surface area contributed by atoms with E-state index in [9.17, 15) is 9.59 Å². The fourth-order valence-corrected chi connectivity index (χ4v) is 2.25. The molecule has 0 saturated heterocycles. The molecule has 0 fully saturated rings. The lowest BCUT2D eigenvalue weighted by atomic mass is 10.2. The molecule has 7 heteroatoms. The minimum Gasteiger partial charge on any atom is -0.493 e. The van der Waals surface area contributed by atoms with Gasteiger partial charge >= 0.3 is 12.1 Å². The van der Waals surface area contributed by atoms with E-state index in [2.05, 4.69) is 27.9 Å². The van der Waals surface area contributed by atoms with Crippen LogP contribution < -0.4 is 10.1 Å². The van der Waals surface area contributed by atoms with E-state index in [1.165, 1.54) is 0 Å². The zero-order chi connectivity index (χ0) is 18.2. The molecule has 0 aliphatic rings. The van der Waals surface area contributed by atoms with Crippen molar-refractivity contribution >= 4 is 34.7 Å². The molecule has 0 atom stereocenters. The predicted octanol–water partition coefficient (Wildman–Crippen LogP) is 3.76. The number of hydrogen-bond donors (Lipinski definition) is 1. The van der Waals surface area contributed by atoms with Crippen molar-refractivity contribution in [3.8, 4) is 5.75 Å². The first-order valence-corrected chi connectivity index (χ1v) is 8.87. The Morgan fingerprint density at radius 2 is 1.96 bits per heavy atom. The molecule has 0 saturated carbocycles. The van der Waals surface area contributed by atoms with Gasteiger partial charge in [-0.1, -0.05) is 0 Å². The second-order valence-electron chi connectivity index (χ2n) is 5.99. The summed E-state index contributed by atoms with van der Waals surface area (Å²) in [7, 11) is 0. The summed E-state index contributed by atoms with van der Waals surface area (Å²) in [5.74, 6) is 0.0732. The molecule has 0 radical (unpaired) electrons. The maximum Gasteiger partial charge on any atom is 0.407 e. The van der Waals surface area contributed by atoms with Crippen LogP contribution in [0.15, 0.2) is 18.2 Å². The molecule has 0 aromatic heterocycles. The van der Waals surface area contributed by atoms with Crippen molar-refractivity contribution in [1.82, 2.24) is 5.32 Å². The third-order valence-corrected chi connectivity index (χ3v) is 3.35. The minimum atomic E-state index is -0.518. The number of alkyl carbamates (subject to hydrolysis) is 1. The summed E-state index contributed by atoms with van der Waals surface area (Å²) in [6, 6.07) is 5.33. The first-order chi connectivity index (χ1) is 11.2. The molecule has 0 spiro atoms. The van der Waals surface area contributed by atoms with Gasteiger partial charge in [-0.3, -0.25) is 0 Å². The van der Waals surface area contributed by atoms with Gasteiger partial charge in [0.2, 0.25) is 0 Å². The first-order valence-electron chi connectivity index (χ1n) is 7.79. The number of rotatable bonds is 7. The number of hydrogen-bond acceptors (Lipinski definition) is 5. The maximum absolute atomic E-state index is 11.9. The van der Waals surface area contributed by atoms with Gasteiger partial charge in [0.15, 0.2) is 0 Å². The number of amides is 1.